The van der Waals surface area contributed by atoms with Gasteiger partial charge in [0.05, 0.1) is 9.75 Å². The molecule has 0 bridgehead atoms. The maximum atomic E-state index is 2.36. The van der Waals surface area contributed by atoms with Crippen molar-refractivity contribution >= 4 is 68.9 Å². The molecule has 6 heteroatoms. The van der Waals surface area contributed by atoms with Gasteiger partial charge >= 0.3 is 0 Å². The van der Waals surface area contributed by atoms with E-state index in [9.17, 15) is 0 Å². The van der Waals surface area contributed by atoms with E-state index in [4.69, 9.17) is 0 Å². The van der Waals surface area contributed by atoms with Crippen molar-refractivity contribution in [1.82, 2.24) is 0 Å². The van der Waals surface area contributed by atoms with Crippen molar-refractivity contribution in [1.29, 1.82) is 0 Å². The maximum absolute atomic E-state index is 2.36. The molecule has 0 unspecified atom stereocenters. The first-order chi connectivity index (χ1) is 22.8. The minimum Gasteiger partial charge on any atom is -0.142 e. The summed E-state index contributed by atoms with van der Waals surface area (Å²) in [5.74, 6) is 2.49. The van der Waals surface area contributed by atoms with E-state index in [0.29, 0.717) is 0 Å². The summed E-state index contributed by atoms with van der Waals surface area (Å²) >= 11 is 11.9. The summed E-state index contributed by atoms with van der Waals surface area (Å²) in [7, 11) is 0. The van der Waals surface area contributed by atoms with Gasteiger partial charge in [-0.15, -0.1) is 68.9 Å². The first-order valence-electron chi connectivity index (χ1n) is 18.4. The second kappa shape index (κ2) is 23.8. The molecule has 0 saturated carbocycles. The van der Waals surface area contributed by atoms with Crippen LogP contribution in [0.4, 0.5) is 0 Å². The molecule has 0 spiro atoms. The summed E-state index contributed by atoms with van der Waals surface area (Å²) in [6.07, 6.45) is 28.2. The second-order valence-electron chi connectivity index (χ2n) is 12.6. The molecule has 0 aliphatic heterocycles. The van der Waals surface area contributed by atoms with Crippen molar-refractivity contribution in [2.24, 2.45) is 0 Å². The van der Waals surface area contributed by atoms with Crippen LogP contribution < -0.4 is 0 Å². The normalized spacial score (nSPS) is 11.6. The van der Waals surface area contributed by atoms with Gasteiger partial charge in [-0.1, -0.05) is 129 Å². The average Bonchev–Trinajstić information content (AvgIpc) is 3.89. The third-order valence-electron chi connectivity index (χ3n) is 8.67. The molecule has 0 aliphatic rings. The molecule has 4 aromatic rings. The highest BCUT2D eigenvalue weighted by Crippen LogP contribution is 2.46. The number of thioether (sulfide) groups is 2. The molecule has 254 valence electrons. The van der Waals surface area contributed by atoms with Gasteiger partial charge in [0.2, 0.25) is 0 Å². The van der Waals surface area contributed by atoms with Crippen molar-refractivity contribution in [3.8, 4) is 29.3 Å². The Morgan fingerprint density at radius 3 is 1.09 bits per heavy atom. The van der Waals surface area contributed by atoms with Crippen LogP contribution in [0.3, 0.4) is 0 Å². The van der Waals surface area contributed by atoms with Gasteiger partial charge in [-0.05, 0) is 71.5 Å². The van der Waals surface area contributed by atoms with E-state index in [2.05, 4.69) is 84.5 Å². The molecule has 0 amide bonds. The Kier molecular flexibility index (Phi) is 19.8. The lowest BCUT2D eigenvalue weighted by atomic mass is 10.1. The predicted molar refractivity (Wildman–Crippen MR) is 219 cm³/mol. The molecule has 0 aromatic carbocycles. The summed E-state index contributed by atoms with van der Waals surface area (Å²) in [5.41, 5.74) is 0. The number of thiophene rings is 4. The van der Waals surface area contributed by atoms with E-state index < -0.39 is 0 Å². The van der Waals surface area contributed by atoms with E-state index in [1.54, 1.807) is 0 Å². The van der Waals surface area contributed by atoms with Crippen LogP contribution >= 0.6 is 68.9 Å². The number of rotatable bonds is 27. The highest BCUT2D eigenvalue weighted by molar-refractivity contribution is 7.99. The van der Waals surface area contributed by atoms with Crippen molar-refractivity contribution < 1.29 is 0 Å². The van der Waals surface area contributed by atoms with E-state index in [1.165, 1.54) is 179 Å². The quantitative estimate of drug-likeness (QED) is 0.0442. The number of hydrogen-bond acceptors (Lipinski definition) is 6. The number of hydrogen-bond donors (Lipinski definition) is 0. The van der Waals surface area contributed by atoms with Crippen LogP contribution in [0.5, 0.6) is 0 Å². The zero-order chi connectivity index (χ0) is 32.1. The highest BCUT2D eigenvalue weighted by Gasteiger charge is 2.15. The van der Waals surface area contributed by atoms with Crippen LogP contribution in [0.25, 0.3) is 29.3 Å². The molecule has 0 saturated heterocycles. The van der Waals surface area contributed by atoms with E-state index in [0.717, 1.165) is 0 Å². The van der Waals surface area contributed by atoms with Crippen LogP contribution in [0.1, 0.15) is 142 Å². The lowest BCUT2D eigenvalue weighted by Gasteiger charge is -2.04. The highest BCUT2D eigenvalue weighted by atomic mass is 32.2. The van der Waals surface area contributed by atoms with Gasteiger partial charge in [0.15, 0.2) is 0 Å². The Labute approximate surface area is 306 Å². The van der Waals surface area contributed by atoms with E-state index >= 15 is 0 Å². The minimum atomic E-state index is 1.24. The van der Waals surface area contributed by atoms with E-state index in [-0.39, 0.29) is 0 Å². The molecule has 4 aromatic heterocycles. The molecule has 0 fully saturated rings. The van der Waals surface area contributed by atoms with Crippen molar-refractivity contribution in [2.45, 2.75) is 152 Å². The van der Waals surface area contributed by atoms with Crippen molar-refractivity contribution in [3.63, 3.8) is 0 Å². The Hall–Kier alpha value is -0.500. The lowest BCUT2D eigenvalue weighted by Crippen LogP contribution is -1.84. The van der Waals surface area contributed by atoms with Gasteiger partial charge in [0.1, 0.15) is 0 Å². The lowest BCUT2D eigenvalue weighted by molar-refractivity contribution is 0.563. The average molecular weight is 731 g/mol. The molecule has 4 rings (SSSR count). The first kappa shape index (κ1) is 38.3. The monoisotopic (exact) mass is 730 g/mol. The summed E-state index contributed by atoms with van der Waals surface area (Å²) in [6, 6.07) is 14.1. The zero-order valence-electron chi connectivity index (χ0n) is 28.6. The predicted octanol–water partition coefficient (Wildman–Crippen LogP) is 17.0. The Morgan fingerprint density at radius 1 is 0.391 bits per heavy atom. The molecular formula is C40H58S6. The van der Waals surface area contributed by atoms with Crippen molar-refractivity contribution in [2.75, 3.05) is 11.5 Å². The molecule has 0 nitrogen and oxygen atoms in total. The molecule has 0 radical (unpaired) electrons. The third kappa shape index (κ3) is 13.8. The van der Waals surface area contributed by atoms with Gasteiger partial charge in [0, 0.05) is 29.3 Å². The minimum absolute atomic E-state index is 1.24. The smallest absolute Gasteiger partial charge is 0.0578 e. The standard InChI is InChI=1S/C40H58S6/c1-3-5-7-9-11-13-15-17-19-21-29-41-35-27-31-43-39(35)37-25-23-33(45-37)34-24-26-38(46-34)40-36(28-32-44-40)42-30-22-20-18-16-14-12-10-8-6-4-2/h23-28,31-32H,3-22,29-30H2,1-2H3. The number of unbranched alkanes of at least 4 members (excludes halogenated alkanes) is 18. The fourth-order valence-corrected chi connectivity index (χ4v) is 12.8. The largest absolute Gasteiger partial charge is 0.142 e. The molecule has 4 heterocycles. The van der Waals surface area contributed by atoms with Gasteiger partial charge in [-0.25, -0.2) is 0 Å². The topological polar surface area (TPSA) is 0 Å². The third-order valence-corrected chi connectivity index (χ3v) is 15.8. The summed E-state index contributed by atoms with van der Waals surface area (Å²) in [4.78, 5) is 11.5. The van der Waals surface area contributed by atoms with Gasteiger partial charge in [-0.3, -0.25) is 0 Å². The Morgan fingerprint density at radius 2 is 0.717 bits per heavy atom. The summed E-state index contributed by atoms with van der Waals surface area (Å²) < 4.78 is 0. The van der Waals surface area contributed by atoms with Crippen LogP contribution in [-0.2, 0) is 0 Å². The van der Waals surface area contributed by atoms with Crippen LogP contribution in [0.15, 0.2) is 56.9 Å². The second-order valence-corrected chi connectivity index (χ2v) is 18.9. The molecule has 0 aliphatic carbocycles. The van der Waals surface area contributed by atoms with Crippen LogP contribution in [-0.4, -0.2) is 11.5 Å². The van der Waals surface area contributed by atoms with Gasteiger partial charge in [-0.2, -0.15) is 0 Å². The van der Waals surface area contributed by atoms with Gasteiger partial charge in [0.25, 0.3) is 0 Å². The molecule has 0 N–H and O–H groups in total. The van der Waals surface area contributed by atoms with Crippen LogP contribution in [0.2, 0.25) is 0 Å². The van der Waals surface area contributed by atoms with Gasteiger partial charge < -0.3 is 0 Å². The fraction of sp³-hybridized carbons (Fsp3) is 0.600. The van der Waals surface area contributed by atoms with Crippen LogP contribution in [0, 0.1) is 0 Å². The summed E-state index contributed by atoms with van der Waals surface area (Å²) in [6.45, 7) is 4.60. The van der Waals surface area contributed by atoms with E-state index in [1.807, 2.05) is 45.3 Å². The molecule has 0 atom stereocenters. The van der Waals surface area contributed by atoms with Crippen molar-refractivity contribution in [3.05, 3.63) is 47.2 Å². The summed E-state index contributed by atoms with van der Waals surface area (Å²) in [5, 5.41) is 4.56. The molecule has 46 heavy (non-hydrogen) atoms. The fourth-order valence-electron chi connectivity index (χ4n) is 5.91. The Bertz CT molecular complexity index is 1210. The first-order valence-corrected chi connectivity index (χ1v) is 23.8. The SMILES string of the molecule is CCCCCCCCCCCCSc1ccsc1-c1ccc(-c2ccc(-c3sccc3SCCCCCCCCCCCC)s2)s1. The molecular weight excluding hydrogens is 673 g/mol. The maximum Gasteiger partial charge on any atom is 0.0578 e. The Balaban J connectivity index is 1.16. The zero-order valence-corrected chi connectivity index (χ0v) is 33.5.